The number of ether oxygens (including phenoxy) is 1. The molecule has 1 rings (SSSR count). The van der Waals surface area contributed by atoms with Gasteiger partial charge >= 0.3 is 5.97 Å². The fourth-order valence-electron chi connectivity index (χ4n) is 1.25. The molecule has 0 spiro atoms. The van der Waals surface area contributed by atoms with E-state index >= 15 is 0 Å². The summed E-state index contributed by atoms with van der Waals surface area (Å²) in [6, 6.07) is 3.56. The standard InChI is InChI=1S/C10H12ClNO5S/c1-17-5-4-12-18(15,16)9-6-7(11)2-3-8(9)10(13)14/h2-3,6,12H,4-5H2,1H3,(H,13,14). The number of benzene rings is 1. The molecule has 0 saturated carbocycles. The number of carbonyl (C=O) groups is 1. The molecule has 0 unspecified atom stereocenters. The summed E-state index contributed by atoms with van der Waals surface area (Å²) in [5, 5.41) is 9.08. The first-order chi connectivity index (χ1) is 8.38. The lowest BCUT2D eigenvalue weighted by Gasteiger charge is -2.09. The van der Waals surface area contributed by atoms with Gasteiger partial charge in [-0.3, -0.25) is 0 Å². The Bertz CT molecular complexity index is 543. The Morgan fingerprint density at radius 2 is 2.17 bits per heavy atom. The average Bonchev–Trinajstić information content (AvgIpc) is 2.28. The zero-order chi connectivity index (χ0) is 13.8. The second-order valence-corrected chi connectivity index (χ2v) is 5.51. The highest BCUT2D eigenvalue weighted by atomic mass is 35.5. The molecule has 2 N–H and O–H groups in total. The van der Waals surface area contributed by atoms with Crippen LogP contribution >= 0.6 is 11.6 Å². The van der Waals surface area contributed by atoms with Gasteiger partial charge in [0.25, 0.3) is 0 Å². The highest BCUT2D eigenvalue weighted by Gasteiger charge is 2.22. The van der Waals surface area contributed by atoms with Crippen molar-refractivity contribution < 1.29 is 23.1 Å². The third-order valence-corrected chi connectivity index (χ3v) is 3.80. The first-order valence-electron chi connectivity index (χ1n) is 4.90. The summed E-state index contributed by atoms with van der Waals surface area (Å²) in [6.07, 6.45) is 0. The average molecular weight is 294 g/mol. The van der Waals surface area contributed by atoms with Crippen molar-refractivity contribution in [1.82, 2.24) is 4.72 Å². The van der Waals surface area contributed by atoms with Crippen LogP contribution in [0.2, 0.25) is 5.02 Å². The molecule has 0 saturated heterocycles. The minimum atomic E-state index is -3.93. The highest BCUT2D eigenvalue weighted by molar-refractivity contribution is 7.89. The number of aromatic carboxylic acids is 1. The Kier molecular flexibility index (Phi) is 5.09. The summed E-state index contributed by atoms with van der Waals surface area (Å²) in [6.45, 7) is 0.229. The van der Waals surface area contributed by atoms with Gasteiger partial charge in [-0.15, -0.1) is 0 Å². The molecule has 1 aromatic carbocycles. The third kappa shape index (κ3) is 3.67. The number of hydrogen-bond acceptors (Lipinski definition) is 4. The Hall–Kier alpha value is -1.15. The van der Waals surface area contributed by atoms with E-state index in [1.165, 1.54) is 13.2 Å². The number of carboxylic acid groups (broad SMARTS) is 1. The molecule has 0 aliphatic rings. The zero-order valence-corrected chi connectivity index (χ0v) is 11.1. The van der Waals surface area contributed by atoms with E-state index in [0.29, 0.717) is 0 Å². The normalized spacial score (nSPS) is 11.4. The molecule has 0 atom stereocenters. The van der Waals surface area contributed by atoms with Crippen molar-refractivity contribution in [3.05, 3.63) is 28.8 Å². The van der Waals surface area contributed by atoms with Crippen LogP contribution in [0.1, 0.15) is 10.4 Å². The molecule has 1 aromatic rings. The lowest BCUT2D eigenvalue weighted by molar-refractivity contribution is 0.0692. The summed E-state index contributed by atoms with van der Waals surface area (Å²) in [5.74, 6) is -1.33. The quantitative estimate of drug-likeness (QED) is 0.762. The fourth-order valence-corrected chi connectivity index (χ4v) is 2.72. The van der Waals surface area contributed by atoms with Gasteiger partial charge in [-0.2, -0.15) is 0 Å². The summed E-state index contributed by atoms with van der Waals surface area (Å²) >= 11 is 5.68. The fraction of sp³-hybridized carbons (Fsp3) is 0.300. The van der Waals surface area contributed by atoms with Crippen LogP contribution in [0, 0.1) is 0 Å². The monoisotopic (exact) mass is 293 g/mol. The van der Waals surface area contributed by atoms with E-state index in [1.54, 1.807) is 0 Å². The second-order valence-electron chi connectivity index (χ2n) is 3.34. The molecule has 0 heterocycles. The van der Waals surface area contributed by atoms with Gasteiger partial charge in [-0.05, 0) is 18.2 Å². The molecule has 100 valence electrons. The molecule has 18 heavy (non-hydrogen) atoms. The number of rotatable bonds is 6. The van der Waals surface area contributed by atoms with Crippen molar-refractivity contribution in [3.63, 3.8) is 0 Å². The number of methoxy groups -OCH3 is 1. The van der Waals surface area contributed by atoms with Gasteiger partial charge in [0, 0.05) is 18.7 Å². The maximum absolute atomic E-state index is 11.9. The topological polar surface area (TPSA) is 92.7 Å². The van der Waals surface area contributed by atoms with E-state index in [-0.39, 0.29) is 28.6 Å². The highest BCUT2D eigenvalue weighted by Crippen LogP contribution is 2.20. The molecule has 0 aromatic heterocycles. The SMILES string of the molecule is COCCNS(=O)(=O)c1cc(Cl)ccc1C(=O)O. The number of hydrogen-bond donors (Lipinski definition) is 2. The lowest BCUT2D eigenvalue weighted by atomic mass is 10.2. The number of carboxylic acids is 1. The van der Waals surface area contributed by atoms with Gasteiger partial charge in [0.2, 0.25) is 10.0 Å². The molecule has 8 heteroatoms. The Morgan fingerprint density at radius 1 is 1.50 bits per heavy atom. The maximum Gasteiger partial charge on any atom is 0.337 e. The predicted molar refractivity (Wildman–Crippen MR) is 65.5 cm³/mol. The van der Waals surface area contributed by atoms with Crippen molar-refractivity contribution >= 4 is 27.6 Å². The van der Waals surface area contributed by atoms with E-state index in [9.17, 15) is 13.2 Å². The number of sulfonamides is 1. The van der Waals surface area contributed by atoms with Crippen molar-refractivity contribution in [2.45, 2.75) is 4.90 Å². The van der Waals surface area contributed by atoms with Crippen LogP contribution in [0.25, 0.3) is 0 Å². The van der Waals surface area contributed by atoms with E-state index in [2.05, 4.69) is 4.72 Å². The van der Waals surface area contributed by atoms with Gasteiger partial charge in [0.05, 0.1) is 17.1 Å². The van der Waals surface area contributed by atoms with Crippen LogP contribution in [0.3, 0.4) is 0 Å². The van der Waals surface area contributed by atoms with Gasteiger partial charge < -0.3 is 9.84 Å². The van der Waals surface area contributed by atoms with E-state index < -0.39 is 16.0 Å². The Balaban J connectivity index is 3.14. The smallest absolute Gasteiger partial charge is 0.337 e. The molecule has 0 amide bonds. The first-order valence-corrected chi connectivity index (χ1v) is 6.76. The summed E-state index contributed by atoms with van der Waals surface area (Å²) < 4.78 is 30.7. The van der Waals surface area contributed by atoms with Crippen LogP contribution in [-0.2, 0) is 14.8 Å². The summed E-state index contributed by atoms with van der Waals surface area (Å²) in [5.41, 5.74) is -0.329. The molecule has 0 radical (unpaired) electrons. The van der Waals surface area contributed by atoms with Crippen LogP contribution in [0.4, 0.5) is 0 Å². The Labute approximate surface area is 110 Å². The molecule has 6 nitrogen and oxygen atoms in total. The van der Waals surface area contributed by atoms with Crippen molar-refractivity contribution in [2.24, 2.45) is 0 Å². The predicted octanol–water partition coefficient (Wildman–Crippen LogP) is 0.963. The second kappa shape index (κ2) is 6.14. The largest absolute Gasteiger partial charge is 0.478 e. The zero-order valence-electron chi connectivity index (χ0n) is 9.51. The van der Waals surface area contributed by atoms with Gasteiger partial charge in [0.1, 0.15) is 0 Å². The van der Waals surface area contributed by atoms with Gasteiger partial charge in [-0.25, -0.2) is 17.9 Å². The van der Waals surface area contributed by atoms with Crippen molar-refractivity contribution in [1.29, 1.82) is 0 Å². The molecular formula is C10H12ClNO5S. The lowest BCUT2D eigenvalue weighted by Crippen LogP contribution is -2.28. The number of nitrogens with one attached hydrogen (secondary N) is 1. The number of halogens is 1. The minimum Gasteiger partial charge on any atom is -0.478 e. The molecule has 0 fully saturated rings. The van der Waals surface area contributed by atoms with E-state index in [0.717, 1.165) is 12.1 Å². The maximum atomic E-state index is 11.9. The third-order valence-electron chi connectivity index (χ3n) is 2.06. The molecule has 0 aliphatic heterocycles. The summed E-state index contributed by atoms with van der Waals surface area (Å²) in [4.78, 5) is 10.6. The van der Waals surface area contributed by atoms with Crippen LogP contribution in [0.15, 0.2) is 23.1 Å². The Morgan fingerprint density at radius 3 is 2.72 bits per heavy atom. The van der Waals surface area contributed by atoms with E-state index in [4.69, 9.17) is 21.4 Å². The minimum absolute atomic E-state index is 0.0460. The summed E-state index contributed by atoms with van der Waals surface area (Å²) in [7, 11) is -2.50. The van der Waals surface area contributed by atoms with Crippen LogP contribution in [-0.4, -0.2) is 39.8 Å². The van der Waals surface area contributed by atoms with Gasteiger partial charge in [-0.1, -0.05) is 11.6 Å². The van der Waals surface area contributed by atoms with E-state index in [1.807, 2.05) is 0 Å². The van der Waals surface area contributed by atoms with Crippen molar-refractivity contribution in [3.8, 4) is 0 Å². The van der Waals surface area contributed by atoms with Crippen LogP contribution < -0.4 is 4.72 Å². The van der Waals surface area contributed by atoms with Crippen molar-refractivity contribution in [2.75, 3.05) is 20.3 Å². The molecule has 0 aliphatic carbocycles. The molecular weight excluding hydrogens is 282 g/mol. The first kappa shape index (κ1) is 14.9. The van der Waals surface area contributed by atoms with Gasteiger partial charge in [0.15, 0.2) is 0 Å². The van der Waals surface area contributed by atoms with Crippen LogP contribution in [0.5, 0.6) is 0 Å². The molecule has 0 bridgehead atoms.